The molecule has 0 aromatic heterocycles. The van der Waals surface area contributed by atoms with E-state index in [1.165, 1.54) is 0 Å². The maximum absolute atomic E-state index is 6.10. The van der Waals surface area contributed by atoms with Gasteiger partial charge in [0.2, 0.25) is 0 Å². The molecule has 1 aromatic carbocycles. The lowest BCUT2D eigenvalue weighted by molar-refractivity contribution is 0.353. The van der Waals surface area contributed by atoms with Gasteiger partial charge in [-0.05, 0) is 24.1 Å². The van der Waals surface area contributed by atoms with Crippen LogP contribution in [0.2, 0.25) is 5.02 Å². The van der Waals surface area contributed by atoms with Crippen LogP contribution in [0.5, 0.6) is 5.75 Å². The third kappa shape index (κ3) is 4.70. The predicted molar refractivity (Wildman–Crippen MR) is 94.3 cm³/mol. The van der Waals surface area contributed by atoms with Gasteiger partial charge in [-0.3, -0.25) is 0 Å². The number of nitrogens with zero attached hydrogens (tertiary/aromatic N) is 1. The number of unbranched alkanes of at least 4 members (excludes halogenated alkanes) is 1. The molecule has 3 N–H and O–H groups in total. The van der Waals surface area contributed by atoms with Crippen molar-refractivity contribution in [2.75, 3.05) is 13.2 Å². The van der Waals surface area contributed by atoms with Crippen LogP contribution >= 0.6 is 35.6 Å². The number of nitrogens with two attached hydrogens (primary N) is 1. The van der Waals surface area contributed by atoms with Gasteiger partial charge in [-0.2, -0.15) is 0 Å². The van der Waals surface area contributed by atoms with Crippen molar-refractivity contribution >= 4 is 41.5 Å². The average Bonchev–Trinajstić information content (AvgIpc) is 2.84. The van der Waals surface area contributed by atoms with Crippen LogP contribution in [-0.4, -0.2) is 19.1 Å². The number of ether oxygens (including phenoxy) is 1. The van der Waals surface area contributed by atoms with E-state index in [1.807, 2.05) is 12.1 Å². The summed E-state index contributed by atoms with van der Waals surface area (Å²) in [4.78, 5) is 4.33. The van der Waals surface area contributed by atoms with Gasteiger partial charge in [-0.25, -0.2) is 4.99 Å². The summed E-state index contributed by atoms with van der Waals surface area (Å²) in [7, 11) is 0. The van der Waals surface area contributed by atoms with Crippen LogP contribution in [0.4, 0.5) is 0 Å². The summed E-state index contributed by atoms with van der Waals surface area (Å²) in [5, 5.41) is 3.82. The van der Waals surface area contributed by atoms with E-state index in [9.17, 15) is 0 Å². The van der Waals surface area contributed by atoms with Gasteiger partial charge >= 0.3 is 0 Å². The Labute approximate surface area is 142 Å². The molecular weight excluding hydrogens is 389 g/mol. The Morgan fingerprint density at radius 2 is 2.30 bits per heavy atom. The molecular formula is C14H21ClIN3O. The van der Waals surface area contributed by atoms with E-state index in [-0.39, 0.29) is 24.0 Å². The molecule has 1 aliphatic heterocycles. The van der Waals surface area contributed by atoms with Gasteiger partial charge in [-0.15, -0.1) is 24.0 Å². The largest absolute Gasteiger partial charge is 0.493 e. The fourth-order valence-electron chi connectivity index (χ4n) is 2.08. The fourth-order valence-corrected chi connectivity index (χ4v) is 2.35. The molecule has 0 bridgehead atoms. The lowest BCUT2D eigenvalue weighted by atomic mass is 10.1. The number of hydrogen-bond acceptors (Lipinski definition) is 2. The van der Waals surface area contributed by atoms with Crippen LogP contribution in [0.15, 0.2) is 17.1 Å². The highest BCUT2D eigenvalue weighted by Gasteiger charge is 2.17. The van der Waals surface area contributed by atoms with Crippen molar-refractivity contribution in [2.45, 2.75) is 32.7 Å². The minimum atomic E-state index is 0. The normalized spacial score (nSPS) is 13.4. The van der Waals surface area contributed by atoms with E-state index >= 15 is 0 Å². The minimum absolute atomic E-state index is 0. The molecule has 0 amide bonds. The summed E-state index contributed by atoms with van der Waals surface area (Å²) in [5.41, 5.74) is 7.97. The number of benzene rings is 1. The zero-order chi connectivity index (χ0) is 13.7. The summed E-state index contributed by atoms with van der Waals surface area (Å²) in [6.07, 6.45) is 3.14. The van der Waals surface area contributed by atoms with Crippen LogP contribution < -0.4 is 15.8 Å². The molecule has 0 saturated heterocycles. The molecule has 0 radical (unpaired) electrons. The SMILES string of the molecule is CCCCNC(N)=NCc1cc(Cl)cc2c1OCC2.I. The van der Waals surface area contributed by atoms with Gasteiger partial charge in [-0.1, -0.05) is 24.9 Å². The second-order valence-corrected chi connectivity index (χ2v) is 5.07. The fraction of sp³-hybridized carbons (Fsp3) is 0.500. The number of fused-ring (bicyclic) bond motifs is 1. The molecule has 0 unspecified atom stereocenters. The van der Waals surface area contributed by atoms with Crippen molar-refractivity contribution < 1.29 is 4.74 Å². The number of rotatable bonds is 5. The summed E-state index contributed by atoms with van der Waals surface area (Å²) in [6, 6.07) is 3.86. The quantitative estimate of drug-likeness (QED) is 0.340. The maximum Gasteiger partial charge on any atom is 0.188 e. The van der Waals surface area contributed by atoms with Crippen LogP contribution in [0.3, 0.4) is 0 Å². The number of guanidine groups is 1. The second kappa shape index (κ2) is 8.56. The Kier molecular flexibility index (Phi) is 7.43. The summed E-state index contributed by atoms with van der Waals surface area (Å²) in [6.45, 7) is 4.21. The number of halogens is 2. The standard InChI is InChI=1S/C14H20ClN3O.HI/c1-2-3-5-17-14(16)18-9-11-8-12(15)7-10-4-6-19-13(10)11;/h7-8H,2-6,9H2,1H3,(H3,16,17,18);1H. The molecule has 6 heteroatoms. The third-order valence-electron chi connectivity index (χ3n) is 3.08. The van der Waals surface area contributed by atoms with Gasteiger partial charge in [0.1, 0.15) is 5.75 Å². The zero-order valence-electron chi connectivity index (χ0n) is 11.6. The summed E-state index contributed by atoms with van der Waals surface area (Å²) in [5.74, 6) is 1.40. The average molecular weight is 410 g/mol. The van der Waals surface area contributed by atoms with Crippen LogP contribution in [0.1, 0.15) is 30.9 Å². The molecule has 0 aliphatic carbocycles. The van der Waals surface area contributed by atoms with Gasteiger partial charge in [0.25, 0.3) is 0 Å². The second-order valence-electron chi connectivity index (χ2n) is 4.63. The van der Waals surface area contributed by atoms with Gasteiger partial charge in [0, 0.05) is 23.6 Å². The number of nitrogens with one attached hydrogen (secondary N) is 1. The molecule has 0 atom stereocenters. The number of hydrogen-bond donors (Lipinski definition) is 2. The van der Waals surface area contributed by atoms with Gasteiger partial charge in [0.05, 0.1) is 13.2 Å². The molecule has 1 aliphatic rings. The van der Waals surface area contributed by atoms with Crippen LogP contribution in [0.25, 0.3) is 0 Å². The van der Waals surface area contributed by atoms with Crippen LogP contribution in [-0.2, 0) is 13.0 Å². The van der Waals surface area contributed by atoms with E-state index in [4.69, 9.17) is 22.1 Å². The zero-order valence-corrected chi connectivity index (χ0v) is 14.7. The molecule has 4 nitrogen and oxygen atoms in total. The van der Waals surface area contributed by atoms with Crippen molar-refractivity contribution in [3.63, 3.8) is 0 Å². The van der Waals surface area contributed by atoms with Gasteiger partial charge < -0.3 is 15.8 Å². The van der Waals surface area contributed by atoms with E-state index in [1.54, 1.807) is 0 Å². The van der Waals surface area contributed by atoms with Gasteiger partial charge in [0.15, 0.2) is 5.96 Å². The highest BCUT2D eigenvalue weighted by Crippen LogP contribution is 2.33. The molecule has 0 spiro atoms. The van der Waals surface area contributed by atoms with Crippen molar-refractivity contribution in [1.82, 2.24) is 5.32 Å². The molecule has 20 heavy (non-hydrogen) atoms. The van der Waals surface area contributed by atoms with E-state index in [0.29, 0.717) is 12.5 Å². The third-order valence-corrected chi connectivity index (χ3v) is 3.30. The Balaban J connectivity index is 0.00000200. The Morgan fingerprint density at radius 3 is 3.05 bits per heavy atom. The lowest BCUT2D eigenvalue weighted by Gasteiger charge is -2.08. The van der Waals surface area contributed by atoms with E-state index in [2.05, 4.69) is 17.2 Å². The first kappa shape index (κ1) is 17.4. The monoisotopic (exact) mass is 409 g/mol. The first-order chi connectivity index (χ1) is 9.20. The van der Waals surface area contributed by atoms with E-state index < -0.39 is 0 Å². The molecule has 2 rings (SSSR count). The minimum Gasteiger partial charge on any atom is -0.493 e. The first-order valence-electron chi connectivity index (χ1n) is 6.68. The summed E-state index contributed by atoms with van der Waals surface area (Å²) >= 11 is 6.10. The molecule has 0 fully saturated rings. The van der Waals surface area contributed by atoms with Crippen molar-refractivity contribution in [2.24, 2.45) is 10.7 Å². The van der Waals surface area contributed by atoms with Crippen LogP contribution in [0, 0.1) is 0 Å². The predicted octanol–water partition coefficient (Wildman–Crippen LogP) is 3.10. The smallest absolute Gasteiger partial charge is 0.188 e. The molecule has 1 aromatic rings. The molecule has 0 saturated carbocycles. The maximum atomic E-state index is 6.10. The van der Waals surface area contributed by atoms with Crippen molar-refractivity contribution in [1.29, 1.82) is 0 Å². The molecule has 1 heterocycles. The Hall–Kier alpha value is -0.690. The first-order valence-corrected chi connectivity index (χ1v) is 7.06. The van der Waals surface area contributed by atoms with Crippen molar-refractivity contribution in [3.8, 4) is 5.75 Å². The molecule has 112 valence electrons. The lowest BCUT2D eigenvalue weighted by Crippen LogP contribution is -2.32. The topological polar surface area (TPSA) is 59.6 Å². The number of aliphatic imine (C=N–C) groups is 1. The highest BCUT2D eigenvalue weighted by molar-refractivity contribution is 14.0. The Morgan fingerprint density at radius 1 is 1.50 bits per heavy atom. The highest BCUT2D eigenvalue weighted by atomic mass is 127. The van der Waals surface area contributed by atoms with E-state index in [0.717, 1.165) is 54.3 Å². The Bertz CT molecular complexity index is 480. The van der Waals surface area contributed by atoms with Crippen molar-refractivity contribution in [3.05, 3.63) is 28.3 Å². The summed E-state index contributed by atoms with van der Waals surface area (Å²) < 4.78 is 5.63.